The highest BCUT2D eigenvalue weighted by Gasteiger charge is 2.26. The molecule has 0 aromatic rings. The van der Waals surface area contributed by atoms with Crippen molar-refractivity contribution in [1.82, 2.24) is 0 Å². The molecule has 0 spiro atoms. The highest BCUT2D eigenvalue weighted by molar-refractivity contribution is 6.71. The van der Waals surface area contributed by atoms with Crippen LogP contribution in [0.25, 0.3) is 0 Å². The van der Waals surface area contributed by atoms with E-state index in [1.807, 2.05) is 5.70 Å². The van der Waals surface area contributed by atoms with Crippen LogP contribution in [0.4, 0.5) is 0 Å². The maximum atomic E-state index is 5.95. The summed E-state index contributed by atoms with van der Waals surface area (Å²) in [5.74, 6) is 0. The Morgan fingerprint density at radius 2 is 1.26 bits per heavy atom. The molecule has 3 heteroatoms. The Kier molecular flexibility index (Phi) is 12.8. The normalized spacial score (nSPS) is 14.3. The first kappa shape index (κ1) is 18.9. The Labute approximate surface area is 121 Å². The summed E-state index contributed by atoms with van der Waals surface area (Å²) in [4.78, 5) is 0. The Bertz CT molecular complexity index is 209. The molecule has 0 heterocycles. The van der Waals surface area contributed by atoms with Crippen molar-refractivity contribution in [2.24, 2.45) is 0 Å². The van der Waals surface area contributed by atoms with Crippen LogP contribution in [0, 0.1) is 0 Å². The van der Waals surface area contributed by atoms with Crippen LogP contribution in [0.15, 0.2) is 12.3 Å². The molecule has 1 atom stereocenters. The van der Waals surface area contributed by atoms with E-state index >= 15 is 0 Å². The maximum Gasteiger partial charge on any atom is 0.361 e. The highest BCUT2D eigenvalue weighted by Crippen LogP contribution is 2.12. The molecule has 0 amide bonds. The Morgan fingerprint density at radius 1 is 0.789 bits per heavy atom. The Morgan fingerprint density at radius 3 is 1.79 bits per heavy atom. The highest BCUT2D eigenvalue weighted by atomic mass is 28.4. The van der Waals surface area contributed by atoms with E-state index in [-0.39, 0.29) is 0 Å². The van der Waals surface area contributed by atoms with Crippen molar-refractivity contribution in [2.75, 3.05) is 13.2 Å². The molecule has 0 aromatic carbocycles. The zero-order valence-electron chi connectivity index (χ0n) is 13.4. The van der Waals surface area contributed by atoms with Crippen LogP contribution in [0.5, 0.6) is 0 Å². The van der Waals surface area contributed by atoms with Crippen LogP contribution in [0.2, 0.25) is 6.55 Å². The van der Waals surface area contributed by atoms with Gasteiger partial charge in [-0.1, -0.05) is 58.8 Å². The van der Waals surface area contributed by atoms with Gasteiger partial charge in [-0.2, -0.15) is 0 Å². The average molecular weight is 287 g/mol. The van der Waals surface area contributed by atoms with Gasteiger partial charge in [0.05, 0.1) is 0 Å². The Balaban J connectivity index is 3.51. The summed E-state index contributed by atoms with van der Waals surface area (Å²) >= 11 is 0. The quantitative estimate of drug-likeness (QED) is 0.316. The summed E-state index contributed by atoms with van der Waals surface area (Å²) in [6.07, 6.45) is 11.5. The zero-order chi connectivity index (χ0) is 14.4. The molecule has 0 aliphatic carbocycles. The van der Waals surface area contributed by atoms with E-state index in [2.05, 4.69) is 27.0 Å². The van der Waals surface area contributed by atoms with Gasteiger partial charge >= 0.3 is 8.56 Å². The monoisotopic (exact) mass is 286 g/mol. The summed E-state index contributed by atoms with van der Waals surface area (Å²) in [5.41, 5.74) is 1.91. The molecular weight excluding hydrogens is 252 g/mol. The molecule has 0 saturated carbocycles. The predicted molar refractivity (Wildman–Crippen MR) is 86.6 cm³/mol. The number of hydrogen-bond acceptors (Lipinski definition) is 2. The first-order chi connectivity index (χ1) is 9.18. The smallest absolute Gasteiger partial charge is 0.361 e. The molecule has 0 saturated heterocycles. The Hall–Kier alpha value is -0.123. The van der Waals surface area contributed by atoms with E-state index in [1.54, 1.807) is 0 Å². The molecule has 0 bridgehead atoms. The summed E-state index contributed by atoms with van der Waals surface area (Å²) in [5, 5.41) is 0. The van der Waals surface area contributed by atoms with Crippen LogP contribution >= 0.6 is 0 Å². The average Bonchev–Trinajstić information content (AvgIpc) is 2.42. The van der Waals surface area contributed by atoms with E-state index < -0.39 is 8.56 Å². The van der Waals surface area contributed by atoms with Crippen molar-refractivity contribution in [2.45, 2.75) is 78.2 Å². The largest absolute Gasteiger partial charge is 0.391 e. The van der Waals surface area contributed by atoms with Crippen LogP contribution in [-0.4, -0.2) is 21.8 Å². The molecule has 114 valence electrons. The van der Waals surface area contributed by atoms with E-state index in [1.165, 1.54) is 44.9 Å². The standard InChI is InChI=1S/C16H34O2Si/c1-5-8-10-11-12-13-14-16-18-19(4,7-3)17-15-9-6-2/h7H,3,5-6,8-16H2,1-2,4H3. The molecule has 0 radical (unpaired) electrons. The van der Waals surface area contributed by atoms with Gasteiger partial charge in [0.1, 0.15) is 0 Å². The van der Waals surface area contributed by atoms with Crippen LogP contribution < -0.4 is 0 Å². The molecule has 0 aromatic heterocycles. The van der Waals surface area contributed by atoms with E-state index in [0.717, 1.165) is 26.1 Å². The van der Waals surface area contributed by atoms with Gasteiger partial charge in [-0.15, -0.1) is 6.58 Å². The van der Waals surface area contributed by atoms with Crippen LogP contribution in [0.1, 0.15) is 71.6 Å². The first-order valence-electron chi connectivity index (χ1n) is 8.10. The van der Waals surface area contributed by atoms with Gasteiger partial charge in [-0.05, 0) is 25.1 Å². The van der Waals surface area contributed by atoms with Crippen molar-refractivity contribution in [3.63, 3.8) is 0 Å². The molecule has 1 unspecified atom stereocenters. The van der Waals surface area contributed by atoms with Gasteiger partial charge in [-0.25, -0.2) is 0 Å². The minimum atomic E-state index is -2.08. The van der Waals surface area contributed by atoms with Gasteiger partial charge in [-0.3, -0.25) is 0 Å². The minimum absolute atomic E-state index is 0.808. The second-order valence-corrected chi connectivity index (χ2v) is 8.41. The van der Waals surface area contributed by atoms with Crippen molar-refractivity contribution in [1.29, 1.82) is 0 Å². The third kappa shape index (κ3) is 11.4. The first-order valence-corrected chi connectivity index (χ1v) is 10.5. The van der Waals surface area contributed by atoms with Gasteiger partial charge in [0.2, 0.25) is 0 Å². The van der Waals surface area contributed by atoms with E-state index in [9.17, 15) is 0 Å². The molecule has 0 aliphatic heterocycles. The van der Waals surface area contributed by atoms with Crippen LogP contribution in [-0.2, 0) is 8.85 Å². The molecule has 0 N–H and O–H groups in total. The molecule has 2 nitrogen and oxygen atoms in total. The summed E-state index contributed by atoms with van der Waals surface area (Å²) in [7, 11) is -2.08. The molecule has 0 fully saturated rings. The maximum absolute atomic E-state index is 5.95. The third-order valence-electron chi connectivity index (χ3n) is 3.39. The lowest BCUT2D eigenvalue weighted by molar-refractivity contribution is 0.178. The predicted octanol–water partition coefficient (Wildman–Crippen LogP) is 5.37. The molecule has 0 aliphatic rings. The van der Waals surface area contributed by atoms with Gasteiger partial charge in [0.25, 0.3) is 0 Å². The molecule has 19 heavy (non-hydrogen) atoms. The van der Waals surface area contributed by atoms with Gasteiger partial charge in [0.15, 0.2) is 0 Å². The summed E-state index contributed by atoms with van der Waals surface area (Å²) in [6.45, 7) is 12.0. The summed E-state index contributed by atoms with van der Waals surface area (Å²) in [6, 6.07) is 0. The molecular formula is C16H34O2Si. The SMILES string of the molecule is C=C[Si](C)(OCCCC)OCCCCCCCCC. The van der Waals surface area contributed by atoms with Crippen molar-refractivity contribution in [3.05, 3.63) is 12.3 Å². The zero-order valence-corrected chi connectivity index (χ0v) is 14.4. The molecule has 0 rings (SSSR count). The fourth-order valence-electron chi connectivity index (χ4n) is 1.91. The van der Waals surface area contributed by atoms with Gasteiger partial charge in [0, 0.05) is 13.2 Å². The summed E-state index contributed by atoms with van der Waals surface area (Å²) < 4.78 is 11.8. The topological polar surface area (TPSA) is 18.5 Å². The fourth-order valence-corrected chi connectivity index (χ4v) is 3.33. The lowest BCUT2D eigenvalue weighted by atomic mass is 10.1. The number of unbranched alkanes of at least 4 members (excludes halogenated alkanes) is 7. The second kappa shape index (κ2) is 12.9. The van der Waals surface area contributed by atoms with E-state index in [4.69, 9.17) is 8.85 Å². The van der Waals surface area contributed by atoms with Crippen molar-refractivity contribution in [3.8, 4) is 0 Å². The lowest BCUT2D eigenvalue weighted by Gasteiger charge is -2.23. The lowest BCUT2D eigenvalue weighted by Crippen LogP contribution is -2.37. The number of rotatable bonds is 14. The minimum Gasteiger partial charge on any atom is -0.391 e. The third-order valence-corrected chi connectivity index (χ3v) is 5.69. The van der Waals surface area contributed by atoms with E-state index in [0.29, 0.717) is 0 Å². The number of hydrogen-bond donors (Lipinski definition) is 0. The van der Waals surface area contributed by atoms with Crippen molar-refractivity contribution < 1.29 is 8.85 Å². The fraction of sp³-hybridized carbons (Fsp3) is 0.875. The van der Waals surface area contributed by atoms with Crippen molar-refractivity contribution >= 4 is 8.56 Å². The second-order valence-electron chi connectivity index (χ2n) is 5.39. The van der Waals surface area contributed by atoms with Gasteiger partial charge < -0.3 is 8.85 Å². The van der Waals surface area contributed by atoms with Crippen LogP contribution in [0.3, 0.4) is 0 Å².